The maximum absolute atomic E-state index is 4.24. The smallest absolute Gasteiger partial charge is 0.144 e. The van der Waals surface area contributed by atoms with Gasteiger partial charge in [0.1, 0.15) is 9.90 Å². The molecule has 0 N–H and O–H groups in total. The first-order valence-electron chi connectivity index (χ1n) is 18.4. The summed E-state index contributed by atoms with van der Waals surface area (Å²) in [5, 5.41) is 0. The second kappa shape index (κ2) is 27.4. The molecule has 2 nitrogen and oxygen atoms in total. The summed E-state index contributed by atoms with van der Waals surface area (Å²) in [6, 6.07) is 0. The number of hydrogen-bond acceptors (Lipinski definition) is 0. The average molecular weight is 697 g/mol. The lowest BCUT2D eigenvalue weighted by Gasteiger charge is -2.43. The number of halogens is 2. The van der Waals surface area contributed by atoms with Crippen molar-refractivity contribution in [1.29, 1.82) is 0 Å². The van der Waals surface area contributed by atoms with Gasteiger partial charge in [-0.1, -0.05) is 119 Å². The van der Waals surface area contributed by atoms with E-state index < -0.39 is 0 Å². The van der Waals surface area contributed by atoms with Crippen LogP contribution in [0.25, 0.3) is 0 Å². The summed E-state index contributed by atoms with van der Waals surface area (Å²) < 4.78 is 2.67. The molecule has 0 spiro atoms. The van der Waals surface area contributed by atoms with E-state index >= 15 is 0 Å². The van der Waals surface area contributed by atoms with Crippen molar-refractivity contribution in [3.05, 3.63) is 0 Å². The molecule has 0 rings (SSSR count). The Kier molecular flexibility index (Phi) is 28.0. The number of alkyl halides is 2. The van der Waals surface area contributed by atoms with Crippen LogP contribution < -0.4 is 0 Å². The van der Waals surface area contributed by atoms with Crippen LogP contribution in [0.2, 0.25) is 0 Å². The summed E-state index contributed by atoms with van der Waals surface area (Å²) in [4.78, 5) is 1.32. The van der Waals surface area contributed by atoms with E-state index in [4.69, 9.17) is 0 Å². The van der Waals surface area contributed by atoms with Crippen molar-refractivity contribution in [3.63, 3.8) is 0 Å². The topological polar surface area (TPSA) is 0 Å². The zero-order valence-corrected chi connectivity index (χ0v) is 31.8. The molecular weight excluding hydrogens is 620 g/mol. The molecule has 0 fully saturated rings. The van der Waals surface area contributed by atoms with E-state index in [1.54, 1.807) is 0 Å². The van der Waals surface area contributed by atoms with Gasteiger partial charge >= 0.3 is 0 Å². The third kappa shape index (κ3) is 17.9. The molecule has 0 saturated heterocycles. The molecule has 40 heavy (non-hydrogen) atoms. The number of unbranched alkanes of at least 4 members (excludes halogenated alkanes) is 13. The molecule has 242 valence electrons. The van der Waals surface area contributed by atoms with Crippen LogP contribution in [0.4, 0.5) is 0 Å². The van der Waals surface area contributed by atoms with E-state index in [1.165, 1.54) is 189 Å². The Morgan fingerprint density at radius 1 is 0.325 bits per heavy atom. The van der Waals surface area contributed by atoms with E-state index in [0.29, 0.717) is 9.90 Å². The lowest BCUT2D eigenvalue weighted by atomic mass is 10.0. The highest BCUT2D eigenvalue weighted by molar-refractivity contribution is 9.09. The Bertz CT molecular complexity index is 437. The van der Waals surface area contributed by atoms with Crippen LogP contribution in [0.1, 0.15) is 183 Å². The SMILES string of the molecule is CCCC[N+](CCCC)(CCCC)C(Br)CCCCCCCCCCC(Br)[N+](CCCC)(CCCC)CCCC. The minimum absolute atomic E-state index is 0.659. The molecule has 0 bridgehead atoms. The van der Waals surface area contributed by atoms with Crippen molar-refractivity contribution in [1.82, 2.24) is 0 Å². The molecule has 2 atom stereocenters. The number of nitrogens with zero attached hydrogens (tertiary/aromatic N) is 2. The highest BCUT2D eigenvalue weighted by Gasteiger charge is 2.34. The van der Waals surface area contributed by atoms with E-state index in [1.807, 2.05) is 0 Å². The van der Waals surface area contributed by atoms with Crippen LogP contribution in [0.5, 0.6) is 0 Å². The quantitative estimate of drug-likeness (QED) is 0.0293. The number of hydrogen-bond donors (Lipinski definition) is 0. The minimum Gasteiger partial charge on any atom is -0.312 e. The van der Waals surface area contributed by atoms with Crippen LogP contribution in [0.15, 0.2) is 0 Å². The predicted octanol–water partition coefficient (Wildman–Crippen LogP) is 12.8. The first kappa shape index (κ1) is 40.9. The first-order chi connectivity index (χ1) is 19.4. The molecule has 0 aromatic carbocycles. The summed E-state index contributed by atoms with van der Waals surface area (Å²) in [5.74, 6) is 0. The maximum atomic E-state index is 4.24. The van der Waals surface area contributed by atoms with Gasteiger partial charge in [0.05, 0.1) is 39.3 Å². The zero-order chi connectivity index (χ0) is 30.0. The molecule has 0 aliphatic rings. The van der Waals surface area contributed by atoms with Crippen molar-refractivity contribution in [2.45, 2.75) is 193 Å². The second-order valence-electron chi connectivity index (χ2n) is 13.2. The van der Waals surface area contributed by atoms with Gasteiger partial charge in [0.2, 0.25) is 0 Å². The molecular formula is C36H76Br2N2+2. The summed E-state index contributed by atoms with van der Waals surface area (Å²) in [6.45, 7) is 22.4. The summed E-state index contributed by atoms with van der Waals surface area (Å²) in [6.07, 6.45) is 30.3. The highest BCUT2D eigenvalue weighted by atomic mass is 79.9. The van der Waals surface area contributed by atoms with Gasteiger partial charge in [-0.3, -0.25) is 0 Å². The second-order valence-corrected chi connectivity index (χ2v) is 15.3. The van der Waals surface area contributed by atoms with Gasteiger partial charge in [-0.2, -0.15) is 0 Å². The largest absolute Gasteiger partial charge is 0.312 e. The van der Waals surface area contributed by atoms with E-state index in [9.17, 15) is 0 Å². The fourth-order valence-corrected chi connectivity index (χ4v) is 8.46. The molecule has 0 heterocycles. The van der Waals surface area contributed by atoms with E-state index in [0.717, 1.165) is 0 Å². The molecule has 0 amide bonds. The molecule has 0 saturated carbocycles. The van der Waals surface area contributed by atoms with E-state index in [2.05, 4.69) is 73.4 Å². The van der Waals surface area contributed by atoms with Crippen LogP contribution in [0.3, 0.4) is 0 Å². The third-order valence-electron chi connectivity index (χ3n) is 9.57. The summed E-state index contributed by atoms with van der Waals surface area (Å²) >= 11 is 8.47. The summed E-state index contributed by atoms with van der Waals surface area (Å²) in [7, 11) is 0. The molecule has 0 radical (unpaired) electrons. The van der Waals surface area contributed by atoms with Gasteiger partial charge in [-0.25, -0.2) is 0 Å². The van der Waals surface area contributed by atoms with Crippen molar-refractivity contribution < 1.29 is 8.97 Å². The molecule has 0 aromatic heterocycles. The van der Waals surface area contributed by atoms with Crippen molar-refractivity contribution in [3.8, 4) is 0 Å². The normalized spacial score (nSPS) is 14.1. The highest BCUT2D eigenvalue weighted by Crippen LogP contribution is 2.29. The Morgan fingerprint density at radius 2 is 0.525 bits per heavy atom. The Hall–Kier alpha value is 0.880. The average Bonchev–Trinajstić information content (AvgIpc) is 2.97. The van der Waals surface area contributed by atoms with Crippen LogP contribution in [-0.4, -0.2) is 58.1 Å². The lowest BCUT2D eigenvalue weighted by molar-refractivity contribution is -0.937. The first-order valence-corrected chi connectivity index (χ1v) is 20.2. The van der Waals surface area contributed by atoms with Crippen molar-refractivity contribution in [2.24, 2.45) is 0 Å². The van der Waals surface area contributed by atoms with Crippen LogP contribution in [-0.2, 0) is 0 Å². The maximum Gasteiger partial charge on any atom is 0.144 e. The number of rotatable bonds is 31. The zero-order valence-electron chi connectivity index (χ0n) is 28.6. The van der Waals surface area contributed by atoms with E-state index in [-0.39, 0.29) is 0 Å². The van der Waals surface area contributed by atoms with Crippen molar-refractivity contribution >= 4 is 31.9 Å². The number of quaternary nitrogens is 2. The monoisotopic (exact) mass is 694 g/mol. The van der Waals surface area contributed by atoms with Gasteiger partial charge < -0.3 is 8.97 Å². The van der Waals surface area contributed by atoms with Crippen LogP contribution >= 0.6 is 31.9 Å². The fourth-order valence-electron chi connectivity index (χ4n) is 6.58. The molecule has 0 aliphatic heterocycles. The Labute approximate surface area is 271 Å². The fraction of sp³-hybridized carbons (Fsp3) is 1.00. The van der Waals surface area contributed by atoms with Gasteiger partial charge in [-0.05, 0) is 83.2 Å². The standard InChI is InChI=1S/C36H76Br2N2/c1-7-13-29-39(30-14-8-2,31-15-9-3)35(37)27-25-23-21-19-20-22-24-26-28-36(38)40(32-16-10-4,33-17-11-5)34-18-12-6/h35-36H,7-34H2,1-6H3/q+2. The predicted molar refractivity (Wildman–Crippen MR) is 191 cm³/mol. The molecule has 0 aromatic rings. The molecule has 2 unspecified atom stereocenters. The Morgan fingerprint density at radius 3 is 0.725 bits per heavy atom. The van der Waals surface area contributed by atoms with Gasteiger partial charge in [0, 0.05) is 12.8 Å². The molecule has 4 heteroatoms. The van der Waals surface area contributed by atoms with Gasteiger partial charge in [-0.15, -0.1) is 0 Å². The third-order valence-corrected chi connectivity index (χ3v) is 12.2. The van der Waals surface area contributed by atoms with Gasteiger partial charge in [0.15, 0.2) is 0 Å². The lowest BCUT2D eigenvalue weighted by Crippen LogP contribution is -2.54. The Balaban J connectivity index is 4.41. The summed E-state index contributed by atoms with van der Waals surface area (Å²) in [5.41, 5.74) is 0. The van der Waals surface area contributed by atoms with Crippen molar-refractivity contribution in [2.75, 3.05) is 39.3 Å². The molecule has 0 aliphatic carbocycles. The van der Waals surface area contributed by atoms with Crippen LogP contribution in [0, 0.1) is 0 Å². The minimum atomic E-state index is 0.659. The van der Waals surface area contributed by atoms with Gasteiger partial charge in [0.25, 0.3) is 0 Å².